The van der Waals surface area contributed by atoms with Crippen LogP contribution in [0.4, 0.5) is 0 Å². The zero-order chi connectivity index (χ0) is 47.2. The predicted molar refractivity (Wildman–Crippen MR) is 283 cm³/mol. The number of hydrogen-bond donors (Lipinski definition) is 3. The molecule has 3 N–H and O–H groups in total. The van der Waals surface area contributed by atoms with E-state index in [0.29, 0.717) is 25.9 Å². The number of aliphatic hydroxyl groups excluding tert-OH is 2. The van der Waals surface area contributed by atoms with Gasteiger partial charge in [-0.2, -0.15) is 0 Å². The SMILES string of the molecule is CCCCC/C=C\C/C=C\CCCCCCCCCCCC(=O)OCCCCCCCCCC/C=C\CCCCCCCCCC(=O)NC(CO)C(O)CCCCCCCCCCCC. The number of aliphatic hydroxyl groups is 2. The Balaban J connectivity index is 3.41. The Morgan fingerprint density at radius 2 is 0.769 bits per heavy atom. The molecule has 0 aromatic carbocycles. The summed E-state index contributed by atoms with van der Waals surface area (Å²) in [5.74, 6) is -0.0467. The standard InChI is InChI=1S/C59H111NO5/c1-3-5-7-9-11-13-15-16-17-18-20-24-27-30-33-37-41-45-49-53-59(64)65-54-50-46-42-38-34-31-28-25-22-19-21-23-26-29-32-36-40-44-48-52-58(63)60-56(55-61)57(62)51-47-43-39-35-14-12-10-8-6-4-2/h11,13,16-17,19,21,56-57,61-62H,3-10,12,14-15,18,20,22-55H2,1-2H3,(H,60,63)/b13-11-,17-16-,21-19-. The van der Waals surface area contributed by atoms with Crippen LogP contribution in [0.25, 0.3) is 0 Å². The fraction of sp³-hybridized carbons (Fsp3) is 0.864. The van der Waals surface area contributed by atoms with Crippen molar-refractivity contribution >= 4 is 11.9 Å². The molecule has 0 aliphatic rings. The summed E-state index contributed by atoms with van der Waals surface area (Å²) in [4.78, 5) is 24.5. The lowest BCUT2D eigenvalue weighted by molar-refractivity contribution is -0.143. The maximum atomic E-state index is 12.4. The highest BCUT2D eigenvalue weighted by Crippen LogP contribution is 2.16. The normalized spacial score (nSPS) is 12.9. The molecular formula is C59H111NO5. The van der Waals surface area contributed by atoms with Gasteiger partial charge in [0, 0.05) is 12.8 Å². The fourth-order valence-corrected chi connectivity index (χ4v) is 8.72. The molecule has 0 aromatic heterocycles. The van der Waals surface area contributed by atoms with Gasteiger partial charge in [-0.3, -0.25) is 9.59 Å². The molecular weight excluding hydrogens is 803 g/mol. The van der Waals surface area contributed by atoms with E-state index in [1.54, 1.807) is 0 Å². The summed E-state index contributed by atoms with van der Waals surface area (Å²) >= 11 is 0. The first-order valence-corrected chi connectivity index (χ1v) is 28.7. The zero-order valence-corrected chi connectivity index (χ0v) is 43.5. The topological polar surface area (TPSA) is 95.9 Å². The molecule has 0 rings (SSSR count). The van der Waals surface area contributed by atoms with Crippen molar-refractivity contribution in [1.82, 2.24) is 5.32 Å². The van der Waals surface area contributed by atoms with Gasteiger partial charge in [0.2, 0.25) is 5.91 Å². The maximum Gasteiger partial charge on any atom is 0.305 e. The van der Waals surface area contributed by atoms with Gasteiger partial charge >= 0.3 is 5.97 Å². The third-order valence-corrected chi connectivity index (χ3v) is 13.2. The van der Waals surface area contributed by atoms with Gasteiger partial charge in [-0.1, -0.05) is 243 Å². The minimum atomic E-state index is -0.669. The van der Waals surface area contributed by atoms with Gasteiger partial charge in [0.05, 0.1) is 25.4 Å². The van der Waals surface area contributed by atoms with E-state index in [1.807, 2.05) is 0 Å². The van der Waals surface area contributed by atoms with E-state index < -0.39 is 12.1 Å². The Morgan fingerprint density at radius 3 is 1.22 bits per heavy atom. The van der Waals surface area contributed by atoms with Crippen LogP contribution in [-0.4, -0.2) is 47.4 Å². The van der Waals surface area contributed by atoms with E-state index in [1.165, 1.54) is 218 Å². The van der Waals surface area contributed by atoms with Gasteiger partial charge < -0.3 is 20.3 Å². The molecule has 0 aliphatic carbocycles. The largest absolute Gasteiger partial charge is 0.466 e. The second kappa shape index (κ2) is 54.7. The van der Waals surface area contributed by atoms with Gasteiger partial charge in [0.25, 0.3) is 0 Å². The molecule has 0 bridgehead atoms. The first-order valence-electron chi connectivity index (χ1n) is 28.7. The molecule has 6 heteroatoms. The monoisotopic (exact) mass is 914 g/mol. The first kappa shape index (κ1) is 63.1. The summed E-state index contributed by atoms with van der Waals surface area (Å²) in [7, 11) is 0. The highest BCUT2D eigenvalue weighted by Gasteiger charge is 2.20. The molecule has 0 saturated heterocycles. The zero-order valence-electron chi connectivity index (χ0n) is 43.5. The number of nitrogens with one attached hydrogen (secondary N) is 1. The van der Waals surface area contributed by atoms with Crippen LogP contribution in [0, 0.1) is 0 Å². The van der Waals surface area contributed by atoms with Crippen LogP contribution in [0.2, 0.25) is 0 Å². The summed E-state index contributed by atoms with van der Waals surface area (Å²) in [6.45, 7) is 4.90. The van der Waals surface area contributed by atoms with Crippen molar-refractivity contribution in [2.24, 2.45) is 0 Å². The summed E-state index contributed by atoms with van der Waals surface area (Å²) in [6.07, 6.45) is 67.1. The molecule has 2 unspecified atom stereocenters. The smallest absolute Gasteiger partial charge is 0.305 e. The minimum Gasteiger partial charge on any atom is -0.466 e. The summed E-state index contributed by atoms with van der Waals surface area (Å²) in [5, 5.41) is 23.1. The van der Waals surface area contributed by atoms with Crippen molar-refractivity contribution in [1.29, 1.82) is 0 Å². The quantitative estimate of drug-likeness (QED) is 0.0321. The van der Waals surface area contributed by atoms with E-state index in [-0.39, 0.29) is 18.5 Å². The minimum absolute atomic E-state index is 0.000152. The summed E-state index contributed by atoms with van der Waals surface area (Å²) < 4.78 is 5.48. The molecule has 0 saturated carbocycles. The van der Waals surface area contributed by atoms with E-state index in [0.717, 1.165) is 51.4 Å². The molecule has 1 amide bonds. The molecule has 0 heterocycles. The van der Waals surface area contributed by atoms with Gasteiger partial charge in [0.1, 0.15) is 0 Å². The third kappa shape index (κ3) is 51.3. The van der Waals surface area contributed by atoms with Crippen molar-refractivity contribution in [3.63, 3.8) is 0 Å². The second-order valence-corrected chi connectivity index (χ2v) is 19.6. The summed E-state index contributed by atoms with van der Waals surface area (Å²) in [6, 6.07) is -0.547. The first-order chi connectivity index (χ1) is 32.0. The Kier molecular flexibility index (Phi) is 53.1. The van der Waals surface area contributed by atoms with Crippen molar-refractivity contribution in [3.05, 3.63) is 36.5 Å². The third-order valence-electron chi connectivity index (χ3n) is 13.2. The molecule has 382 valence electrons. The van der Waals surface area contributed by atoms with Crippen LogP contribution in [-0.2, 0) is 14.3 Å². The molecule has 0 radical (unpaired) electrons. The Morgan fingerprint density at radius 1 is 0.431 bits per heavy atom. The Hall–Kier alpha value is -1.92. The van der Waals surface area contributed by atoms with Crippen molar-refractivity contribution in [2.75, 3.05) is 13.2 Å². The van der Waals surface area contributed by atoms with Crippen LogP contribution in [0.3, 0.4) is 0 Å². The van der Waals surface area contributed by atoms with E-state index in [2.05, 4.69) is 55.6 Å². The highest BCUT2D eigenvalue weighted by molar-refractivity contribution is 5.76. The Bertz CT molecular complexity index is 1060. The lowest BCUT2D eigenvalue weighted by Gasteiger charge is -2.22. The highest BCUT2D eigenvalue weighted by atomic mass is 16.5. The van der Waals surface area contributed by atoms with Gasteiger partial charge in [0.15, 0.2) is 0 Å². The van der Waals surface area contributed by atoms with Crippen molar-refractivity contribution < 1.29 is 24.5 Å². The number of hydrogen-bond acceptors (Lipinski definition) is 5. The van der Waals surface area contributed by atoms with Gasteiger partial charge in [-0.25, -0.2) is 0 Å². The molecule has 0 aromatic rings. The summed E-state index contributed by atoms with van der Waals surface area (Å²) in [5.41, 5.74) is 0. The van der Waals surface area contributed by atoms with Crippen molar-refractivity contribution in [3.8, 4) is 0 Å². The average molecular weight is 915 g/mol. The second-order valence-electron chi connectivity index (χ2n) is 19.6. The molecule has 6 nitrogen and oxygen atoms in total. The van der Waals surface area contributed by atoms with E-state index >= 15 is 0 Å². The number of carbonyl (C=O) groups is 2. The Labute approximate surface area is 404 Å². The molecule has 2 atom stereocenters. The molecule has 0 spiro atoms. The van der Waals surface area contributed by atoms with Crippen molar-refractivity contribution in [2.45, 2.75) is 315 Å². The molecule has 0 fully saturated rings. The van der Waals surface area contributed by atoms with Crippen LogP contribution < -0.4 is 5.32 Å². The number of ether oxygens (including phenoxy) is 1. The van der Waals surface area contributed by atoms with Gasteiger partial charge in [-0.05, 0) is 83.5 Å². The maximum absolute atomic E-state index is 12.4. The fourth-order valence-electron chi connectivity index (χ4n) is 8.72. The number of unbranched alkanes of at least 4 members (excludes halogenated alkanes) is 36. The predicted octanol–water partition coefficient (Wildman–Crippen LogP) is 17.6. The van der Waals surface area contributed by atoms with Crippen LogP contribution in [0.5, 0.6) is 0 Å². The molecule has 0 aliphatic heterocycles. The van der Waals surface area contributed by atoms with Crippen LogP contribution in [0.15, 0.2) is 36.5 Å². The van der Waals surface area contributed by atoms with E-state index in [4.69, 9.17) is 4.74 Å². The van der Waals surface area contributed by atoms with Crippen LogP contribution >= 0.6 is 0 Å². The lowest BCUT2D eigenvalue weighted by atomic mass is 10.0. The number of esters is 1. The number of carbonyl (C=O) groups excluding carboxylic acids is 2. The average Bonchev–Trinajstić information content (AvgIpc) is 3.31. The number of amides is 1. The van der Waals surface area contributed by atoms with Crippen LogP contribution in [0.1, 0.15) is 303 Å². The van der Waals surface area contributed by atoms with Gasteiger partial charge in [-0.15, -0.1) is 0 Å². The number of allylic oxidation sites excluding steroid dienone is 6. The lowest BCUT2D eigenvalue weighted by Crippen LogP contribution is -2.45. The number of rotatable bonds is 53. The van der Waals surface area contributed by atoms with E-state index in [9.17, 15) is 19.8 Å². The molecule has 65 heavy (non-hydrogen) atoms.